The first-order valence-electron chi connectivity index (χ1n) is 11.3. The summed E-state index contributed by atoms with van der Waals surface area (Å²) in [5, 5.41) is 2.48. The number of carbonyl (C=O) groups is 3. The summed E-state index contributed by atoms with van der Waals surface area (Å²) < 4.78 is 12.2. The van der Waals surface area contributed by atoms with E-state index in [0.717, 1.165) is 20.5 Å². The van der Waals surface area contributed by atoms with E-state index in [2.05, 4.69) is 21.2 Å². The SMILES string of the molecule is COc1cc(/C=C2/C(=O)NC(=O)N(c3ccc(Br)cc3C)C2=O)cc(Cl)c1OCc1ccc(C)c(C)c1. The lowest BCUT2D eigenvalue weighted by Gasteiger charge is -2.27. The van der Waals surface area contributed by atoms with Crippen LogP contribution in [0.1, 0.15) is 27.8 Å². The maximum atomic E-state index is 13.3. The van der Waals surface area contributed by atoms with Crippen molar-refractivity contribution in [1.82, 2.24) is 5.32 Å². The minimum atomic E-state index is -0.816. The van der Waals surface area contributed by atoms with E-state index in [-0.39, 0.29) is 17.2 Å². The summed E-state index contributed by atoms with van der Waals surface area (Å²) in [5.41, 5.74) is 4.59. The van der Waals surface area contributed by atoms with E-state index in [4.69, 9.17) is 21.1 Å². The van der Waals surface area contributed by atoms with E-state index in [1.807, 2.05) is 32.0 Å². The van der Waals surface area contributed by atoms with Crippen LogP contribution in [-0.2, 0) is 16.2 Å². The molecule has 3 aromatic carbocycles. The summed E-state index contributed by atoms with van der Waals surface area (Å²) in [4.78, 5) is 39.4. The fourth-order valence-electron chi connectivity index (χ4n) is 3.92. The summed E-state index contributed by atoms with van der Waals surface area (Å²) in [6.45, 7) is 6.12. The van der Waals surface area contributed by atoms with E-state index in [0.29, 0.717) is 28.3 Å². The van der Waals surface area contributed by atoms with Crippen LogP contribution in [-0.4, -0.2) is 25.0 Å². The minimum absolute atomic E-state index is 0.219. The van der Waals surface area contributed by atoms with Crippen molar-refractivity contribution >= 4 is 57.1 Å². The van der Waals surface area contributed by atoms with Gasteiger partial charge >= 0.3 is 6.03 Å². The van der Waals surface area contributed by atoms with Crippen LogP contribution >= 0.6 is 27.5 Å². The van der Waals surface area contributed by atoms with Crippen molar-refractivity contribution in [3.8, 4) is 11.5 Å². The third-order valence-corrected chi connectivity index (χ3v) is 6.79. The number of methoxy groups -OCH3 is 1. The molecule has 0 spiro atoms. The summed E-state index contributed by atoms with van der Waals surface area (Å²) in [5.74, 6) is -0.870. The number of ether oxygens (including phenoxy) is 2. The number of benzene rings is 3. The molecule has 9 heteroatoms. The van der Waals surface area contributed by atoms with Gasteiger partial charge in [-0.05, 0) is 85.0 Å². The van der Waals surface area contributed by atoms with Crippen LogP contribution in [0, 0.1) is 20.8 Å². The van der Waals surface area contributed by atoms with Gasteiger partial charge in [-0.2, -0.15) is 0 Å². The van der Waals surface area contributed by atoms with Gasteiger partial charge in [0.05, 0.1) is 17.8 Å². The quantitative estimate of drug-likeness (QED) is 0.273. The average molecular weight is 584 g/mol. The molecule has 1 fully saturated rings. The maximum Gasteiger partial charge on any atom is 0.335 e. The van der Waals surface area contributed by atoms with Gasteiger partial charge in [-0.25, -0.2) is 9.69 Å². The number of nitrogens with one attached hydrogen (secondary N) is 1. The van der Waals surface area contributed by atoms with Crippen LogP contribution in [0.2, 0.25) is 5.02 Å². The minimum Gasteiger partial charge on any atom is -0.493 e. The first-order chi connectivity index (χ1) is 17.6. The number of nitrogens with zero attached hydrogens (tertiary/aromatic N) is 1. The van der Waals surface area contributed by atoms with Crippen molar-refractivity contribution in [2.45, 2.75) is 27.4 Å². The molecule has 1 N–H and O–H groups in total. The van der Waals surface area contributed by atoms with Crippen molar-refractivity contribution in [2.24, 2.45) is 0 Å². The Bertz CT molecular complexity index is 1470. The molecule has 0 saturated carbocycles. The van der Waals surface area contributed by atoms with Crippen LogP contribution in [0.3, 0.4) is 0 Å². The van der Waals surface area contributed by atoms with Crippen LogP contribution < -0.4 is 19.7 Å². The highest BCUT2D eigenvalue weighted by Gasteiger charge is 2.37. The van der Waals surface area contributed by atoms with Gasteiger partial charge < -0.3 is 9.47 Å². The highest BCUT2D eigenvalue weighted by molar-refractivity contribution is 9.10. The molecule has 3 aromatic rings. The van der Waals surface area contributed by atoms with Gasteiger partial charge in [0.15, 0.2) is 11.5 Å². The van der Waals surface area contributed by atoms with Gasteiger partial charge in [-0.1, -0.05) is 45.7 Å². The van der Waals surface area contributed by atoms with Crippen molar-refractivity contribution in [3.05, 3.63) is 91.4 Å². The Labute approximate surface area is 228 Å². The van der Waals surface area contributed by atoms with Crippen LogP contribution in [0.25, 0.3) is 6.08 Å². The molecule has 0 unspecified atom stereocenters. The topological polar surface area (TPSA) is 84.9 Å². The molecule has 37 heavy (non-hydrogen) atoms. The number of urea groups is 1. The van der Waals surface area contributed by atoms with Gasteiger partial charge in [-0.15, -0.1) is 0 Å². The van der Waals surface area contributed by atoms with Gasteiger partial charge in [0.1, 0.15) is 12.2 Å². The van der Waals surface area contributed by atoms with Gasteiger partial charge in [0.25, 0.3) is 11.8 Å². The maximum absolute atomic E-state index is 13.3. The van der Waals surface area contributed by atoms with Gasteiger partial charge in [0.2, 0.25) is 0 Å². The van der Waals surface area contributed by atoms with Crippen LogP contribution in [0.5, 0.6) is 11.5 Å². The molecule has 0 radical (unpaired) electrons. The first-order valence-corrected chi connectivity index (χ1v) is 12.5. The Morgan fingerprint density at radius 3 is 2.41 bits per heavy atom. The molecule has 0 aromatic heterocycles. The summed E-state index contributed by atoms with van der Waals surface area (Å²) in [7, 11) is 1.47. The molecule has 1 aliphatic rings. The summed E-state index contributed by atoms with van der Waals surface area (Å²) in [6, 6.07) is 13.5. The van der Waals surface area contributed by atoms with Crippen molar-refractivity contribution in [2.75, 3.05) is 12.0 Å². The van der Waals surface area contributed by atoms with Gasteiger partial charge in [-0.3, -0.25) is 14.9 Å². The Hall–Kier alpha value is -3.62. The number of halogens is 2. The average Bonchev–Trinajstić information content (AvgIpc) is 2.84. The third-order valence-electron chi connectivity index (χ3n) is 6.02. The van der Waals surface area contributed by atoms with Gasteiger partial charge in [0, 0.05) is 4.47 Å². The lowest BCUT2D eigenvalue weighted by molar-refractivity contribution is -0.122. The lowest BCUT2D eigenvalue weighted by Crippen LogP contribution is -2.54. The monoisotopic (exact) mass is 582 g/mol. The highest BCUT2D eigenvalue weighted by atomic mass is 79.9. The number of anilines is 1. The fourth-order valence-corrected chi connectivity index (χ4v) is 4.67. The molecular weight excluding hydrogens is 560 g/mol. The standard InChI is InChI=1S/C28H24BrClN2O5/c1-15-5-6-18(9-16(15)2)14-37-25-22(30)12-19(13-24(25)36-4)11-21-26(33)31-28(35)32(27(21)34)23-8-7-20(29)10-17(23)3/h5-13H,14H2,1-4H3,(H,31,33,35)/b21-11-. The molecule has 4 rings (SSSR count). The Morgan fingerprint density at radius 1 is 0.973 bits per heavy atom. The largest absolute Gasteiger partial charge is 0.493 e. The number of amides is 4. The predicted molar refractivity (Wildman–Crippen MR) is 146 cm³/mol. The zero-order valence-electron chi connectivity index (χ0n) is 20.6. The number of hydrogen-bond acceptors (Lipinski definition) is 5. The zero-order valence-corrected chi connectivity index (χ0v) is 23.0. The lowest BCUT2D eigenvalue weighted by atomic mass is 10.1. The van der Waals surface area contributed by atoms with E-state index in [9.17, 15) is 14.4 Å². The predicted octanol–water partition coefficient (Wildman–Crippen LogP) is 6.28. The second kappa shape index (κ2) is 10.8. The highest BCUT2D eigenvalue weighted by Crippen LogP contribution is 2.38. The second-order valence-electron chi connectivity index (χ2n) is 8.63. The van der Waals surface area contributed by atoms with Crippen LogP contribution in [0.4, 0.5) is 10.5 Å². The van der Waals surface area contributed by atoms with E-state index in [1.165, 1.54) is 18.7 Å². The molecule has 1 heterocycles. The summed E-state index contributed by atoms with van der Waals surface area (Å²) in [6.07, 6.45) is 1.37. The molecule has 0 atom stereocenters. The second-order valence-corrected chi connectivity index (χ2v) is 9.95. The molecule has 0 bridgehead atoms. The zero-order chi connectivity index (χ0) is 26.9. The number of aryl methyl sites for hydroxylation is 3. The first kappa shape index (κ1) is 26.4. The van der Waals surface area contributed by atoms with E-state index >= 15 is 0 Å². The number of barbiturate groups is 1. The molecule has 1 aliphatic heterocycles. The third kappa shape index (κ3) is 5.55. The number of rotatable bonds is 6. The Balaban J connectivity index is 1.65. The normalized spacial score (nSPS) is 14.7. The van der Waals surface area contributed by atoms with Crippen molar-refractivity contribution < 1.29 is 23.9 Å². The Kier molecular flexibility index (Phi) is 7.71. The smallest absolute Gasteiger partial charge is 0.335 e. The number of carbonyl (C=O) groups excluding carboxylic acids is 3. The Morgan fingerprint density at radius 2 is 1.73 bits per heavy atom. The van der Waals surface area contributed by atoms with E-state index < -0.39 is 17.8 Å². The molecular formula is C28H24BrClN2O5. The summed E-state index contributed by atoms with van der Waals surface area (Å²) >= 11 is 9.89. The molecule has 7 nitrogen and oxygen atoms in total. The van der Waals surface area contributed by atoms with Crippen molar-refractivity contribution in [3.63, 3.8) is 0 Å². The fraction of sp³-hybridized carbons (Fsp3) is 0.179. The van der Waals surface area contributed by atoms with E-state index in [1.54, 1.807) is 37.3 Å². The van der Waals surface area contributed by atoms with Crippen LogP contribution in [0.15, 0.2) is 58.6 Å². The molecule has 190 valence electrons. The number of imide groups is 2. The van der Waals surface area contributed by atoms with Crippen molar-refractivity contribution in [1.29, 1.82) is 0 Å². The molecule has 0 aliphatic carbocycles. The molecule has 1 saturated heterocycles. The molecule has 4 amide bonds. The number of hydrogen-bond donors (Lipinski definition) is 1.